The van der Waals surface area contributed by atoms with Crippen LogP contribution in [0, 0.1) is 0 Å². The summed E-state index contributed by atoms with van der Waals surface area (Å²) in [4.78, 5) is 10.8. The Morgan fingerprint density at radius 2 is 2.19 bits per heavy atom. The van der Waals surface area contributed by atoms with Gasteiger partial charge in [0.2, 0.25) is 0 Å². The second kappa shape index (κ2) is 5.37. The van der Waals surface area contributed by atoms with Gasteiger partial charge in [-0.2, -0.15) is 0 Å². The summed E-state index contributed by atoms with van der Waals surface area (Å²) >= 11 is 0. The lowest BCUT2D eigenvalue weighted by Gasteiger charge is -2.15. The van der Waals surface area contributed by atoms with Crippen molar-refractivity contribution in [3.05, 3.63) is 23.8 Å². The van der Waals surface area contributed by atoms with Crippen LogP contribution in [0.2, 0.25) is 0 Å². The van der Waals surface area contributed by atoms with E-state index >= 15 is 0 Å². The number of nitrogens with two attached hydrogens (primary N) is 1. The molecule has 0 aliphatic heterocycles. The van der Waals surface area contributed by atoms with Gasteiger partial charge < -0.3 is 20.3 Å². The number of hydrogen-bond acceptors (Lipinski definition) is 4. The van der Waals surface area contributed by atoms with Gasteiger partial charge in [0.1, 0.15) is 6.10 Å². The fourth-order valence-electron chi connectivity index (χ4n) is 1.17. The van der Waals surface area contributed by atoms with E-state index in [2.05, 4.69) is 0 Å². The van der Waals surface area contributed by atoms with Gasteiger partial charge >= 0.3 is 5.97 Å². The Labute approximate surface area is 93.8 Å². The van der Waals surface area contributed by atoms with Crippen LogP contribution in [0.4, 0.5) is 0 Å². The molecule has 0 radical (unpaired) electrons. The van der Waals surface area contributed by atoms with Crippen molar-refractivity contribution < 1.29 is 19.4 Å². The average Bonchev–Trinajstić information content (AvgIpc) is 2.28. The summed E-state index contributed by atoms with van der Waals surface area (Å²) in [6.07, 6.45) is -0.196. The number of carboxylic acids is 1. The minimum absolute atomic E-state index is 0.153. The summed E-state index contributed by atoms with van der Waals surface area (Å²) in [5.41, 5.74) is 5.58. The van der Waals surface area contributed by atoms with Gasteiger partial charge in [-0.3, -0.25) is 0 Å². The molecule has 1 atom stereocenters. The van der Waals surface area contributed by atoms with E-state index in [1.54, 1.807) is 13.0 Å². The molecule has 5 heteroatoms. The number of rotatable bonds is 5. The normalized spacial score (nSPS) is 11.9. The molecule has 0 bridgehead atoms. The summed E-state index contributed by atoms with van der Waals surface area (Å²) in [5, 5.41) is 8.84. The first-order valence-electron chi connectivity index (χ1n) is 4.86. The standard InChI is InChI=1S/C11H15NO4/c1-7(6-12)16-10-5-8(11(13)14)3-4-9(10)15-2/h3-5,7H,6,12H2,1-2H3,(H,13,14). The number of hydrogen-bond donors (Lipinski definition) is 2. The average molecular weight is 225 g/mol. The molecule has 5 nitrogen and oxygen atoms in total. The monoisotopic (exact) mass is 225 g/mol. The molecule has 0 saturated carbocycles. The van der Waals surface area contributed by atoms with E-state index in [1.165, 1.54) is 19.2 Å². The number of ether oxygens (including phenoxy) is 2. The van der Waals surface area contributed by atoms with Crippen LogP contribution < -0.4 is 15.2 Å². The highest BCUT2D eigenvalue weighted by Gasteiger charge is 2.12. The molecule has 1 aromatic carbocycles. The van der Waals surface area contributed by atoms with Crippen molar-refractivity contribution in [2.24, 2.45) is 5.73 Å². The molecule has 0 heterocycles. The molecule has 88 valence electrons. The van der Waals surface area contributed by atoms with Gasteiger partial charge in [0, 0.05) is 6.54 Å². The molecule has 1 rings (SSSR count). The largest absolute Gasteiger partial charge is 0.493 e. The minimum Gasteiger partial charge on any atom is -0.493 e. The Morgan fingerprint density at radius 1 is 1.50 bits per heavy atom. The topological polar surface area (TPSA) is 81.8 Å². The molecular weight excluding hydrogens is 210 g/mol. The van der Waals surface area contributed by atoms with Crippen LogP contribution in [0.1, 0.15) is 17.3 Å². The van der Waals surface area contributed by atoms with Crippen LogP contribution in [0.25, 0.3) is 0 Å². The molecule has 0 saturated heterocycles. The van der Waals surface area contributed by atoms with E-state index in [4.69, 9.17) is 20.3 Å². The maximum Gasteiger partial charge on any atom is 0.335 e. The van der Waals surface area contributed by atoms with Crippen molar-refractivity contribution in [3.63, 3.8) is 0 Å². The number of benzene rings is 1. The van der Waals surface area contributed by atoms with Crippen molar-refractivity contribution in [1.82, 2.24) is 0 Å². The Hall–Kier alpha value is -1.75. The second-order valence-electron chi connectivity index (χ2n) is 3.33. The summed E-state index contributed by atoms with van der Waals surface area (Å²) in [5.74, 6) is -0.126. The highest BCUT2D eigenvalue weighted by molar-refractivity contribution is 5.88. The summed E-state index contributed by atoms with van der Waals surface area (Å²) < 4.78 is 10.5. The first-order valence-corrected chi connectivity index (χ1v) is 4.86. The van der Waals surface area contributed by atoms with Crippen LogP contribution in [0.5, 0.6) is 11.5 Å². The lowest BCUT2D eigenvalue weighted by Crippen LogP contribution is -2.23. The lowest BCUT2D eigenvalue weighted by atomic mass is 10.2. The van der Waals surface area contributed by atoms with Gasteiger partial charge in [-0.1, -0.05) is 0 Å². The van der Waals surface area contributed by atoms with Gasteiger partial charge in [0.05, 0.1) is 12.7 Å². The highest BCUT2D eigenvalue weighted by atomic mass is 16.5. The fourth-order valence-corrected chi connectivity index (χ4v) is 1.17. The SMILES string of the molecule is COc1ccc(C(=O)O)cc1OC(C)CN. The quantitative estimate of drug-likeness (QED) is 0.784. The molecule has 0 amide bonds. The molecule has 0 aliphatic carbocycles. The zero-order chi connectivity index (χ0) is 12.1. The van der Waals surface area contributed by atoms with Crippen LogP contribution in [-0.2, 0) is 0 Å². The predicted octanol–water partition coefficient (Wildman–Crippen LogP) is 1.12. The smallest absolute Gasteiger partial charge is 0.335 e. The van der Waals surface area contributed by atoms with E-state index in [0.717, 1.165) is 0 Å². The Balaban J connectivity index is 3.02. The lowest BCUT2D eigenvalue weighted by molar-refractivity contribution is 0.0696. The molecule has 0 fully saturated rings. The molecule has 16 heavy (non-hydrogen) atoms. The number of methoxy groups -OCH3 is 1. The van der Waals surface area contributed by atoms with Crippen LogP contribution in [0.15, 0.2) is 18.2 Å². The third-order valence-corrected chi connectivity index (χ3v) is 2.07. The zero-order valence-corrected chi connectivity index (χ0v) is 9.27. The van der Waals surface area contributed by atoms with Crippen molar-refractivity contribution in [2.45, 2.75) is 13.0 Å². The van der Waals surface area contributed by atoms with Crippen molar-refractivity contribution >= 4 is 5.97 Å². The highest BCUT2D eigenvalue weighted by Crippen LogP contribution is 2.28. The van der Waals surface area contributed by atoms with Crippen LogP contribution >= 0.6 is 0 Å². The minimum atomic E-state index is -1.01. The van der Waals surface area contributed by atoms with Crippen LogP contribution in [0.3, 0.4) is 0 Å². The Morgan fingerprint density at radius 3 is 2.69 bits per heavy atom. The molecule has 3 N–H and O–H groups in total. The first kappa shape index (κ1) is 12.3. The van der Waals surface area contributed by atoms with Gasteiger partial charge in [0.25, 0.3) is 0 Å². The summed E-state index contributed by atoms with van der Waals surface area (Å²) in [6, 6.07) is 4.44. The molecule has 0 aliphatic rings. The molecular formula is C11H15NO4. The van der Waals surface area contributed by atoms with E-state index in [1.807, 2.05) is 0 Å². The Bertz CT molecular complexity index is 378. The zero-order valence-electron chi connectivity index (χ0n) is 9.27. The maximum absolute atomic E-state index is 10.8. The Kier molecular flexibility index (Phi) is 4.13. The number of carboxylic acid groups (broad SMARTS) is 1. The third kappa shape index (κ3) is 2.87. The fraction of sp³-hybridized carbons (Fsp3) is 0.364. The van der Waals surface area contributed by atoms with Crippen LogP contribution in [-0.4, -0.2) is 30.8 Å². The van der Waals surface area contributed by atoms with E-state index in [0.29, 0.717) is 18.0 Å². The summed E-state index contributed by atoms with van der Waals surface area (Å²) in [6.45, 7) is 2.15. The molecule has 1 unspecified atom stereocenters. The van der Waals surface area contributed by atoms with Gasteiger partial charge in [-0.25, -0.2) is 4.79 Å². The third-order valence-electron chi connectivity index (χ3n) is 2.07. The number of carbonyl (C=O) groups is 1. The first-order chi connectivity index (χ1) is 7.58. The van der Waals surface area contributed by atoms with Gasteiger partial charge in [-0.15, -0.1) is 0 Å². The van der Waals surface area contributed by atoms with E-state index < -0.39 is 5.97 Å². The number of aromatic carboxylic acids is 1. The van der Waals surface area contributed by atoms with Crippen molar-refractivity contribution in [1.29, 1.82) is 0 Å². The van der Waals surface area contributed by atoms with Crippen molar-refractivity contribution in [3.8, 4) is 11.5 Å². The van der Waals surface area contributed by atoms with E-state index in [9.17, 15) is 4.79 Å². The maximum atomic E-state index is 10.8. The molecule has 0 spiro atoms. The van der Waals surface area contributed by atoms with Gasteiger partial charge in [0.15, 0.2) is 11.5 Å². The summed E-state index contributed by atoms with van der Waals surface area (Å²) in [7, 11) is 1.50. The molecule has 1 aromatic rings. The van der Waals surface area contributed by atoms with Crippen molar-refractivity contribution in [2.75, 3.05) is 13.7 Å². The second-order valence-corrected chi connectivity index (χ2v) is 3.33. The predicted molar refractivity (Wildman–Crippen MR) is 59.1 cm³/mol. The van der Waals surface area contributed by atoms with Gasteiger partial charge in [-0.05, 0) is 25.1 Å². The van der Waals surface area contributed by atoms with E-state index in [-0.39, 0.29) is 11.7 Å². The molecule has 0 aromatic heterocycles.